The molecule has 1 aliphatic rings. The summed E-state index contributed by atoms with van der Waals surface area (Å²) >= 11 is 0. The van der Waals surface area contributed by atoms with Crippen LogP contribution in [-0.2, 0) is 0 Å². The first-order chi connectivity index (χ1) is 8.09. The van der Waals surface area contributed by atoms with Gasteiger partial charge in [0.2, 0.25) is 0 Å². The molecule has 2 N–H and O–H groups in total. The third-order valence-corrected chi connectivity index (χ3v) is 4.15. The molecule has 2 rings (SSSR count). The summed E-state index contributed by atoms with van der Waals surface area (Å²) in [4.78, 5) is 0. The van der Waals surface area contributed by atoms with Gasteiger partial charge in [-0.1, -0.05) is 38.0 Å². The van der Waals surface area contributed by atoms with Crippen molar-refractivity contribution in [2.24, 2.45) is 17.6 Å². The van der Waals surface area contributed by atoms with Gasteiger partial charge in [-0.25, -0.2) is 4.39 Å². The van der Waals surface area contributed by atoms with Gasteiger partial charge in [-0.15, -0.1) is 0 Å². The molecule has 0 saturated heterocycles. The highest BCUT2D eigenvalue weighted by Crippen LogP contribution is 2.36. The van der Waals surface area contributed by atoms with E-state index in [4.69, 9.17) is 5.73 Å². The minimum absolute atomic E-state index is 0.112. The van der Waals surface area contributed by atoms with Crippen molar-refractivity contribution in [2.45, 2.75) is 45.6 Å². The van der Waals surface area contributed by atoms with Crippen LogP contribution in [0.3, 0.4) is 0 Å². The zero-order chi connectivity index (χ0) is 12.4. The Bertz CT molecular complexity index is 381. The van der Waals surface area contributed by atoms with Crippen LogP contribution in [0.5, 0.6) is 0 Å². The van der Waals surface area contributed by atoms with Crippen LogP contribution in [0.25, 0.3) is 0 Å². The Morgan fingerprint density at radius 2 is 1.88 bits per heavy atom. The van der Waals surface area contributed by atoms with Crippen molar-refractivity contribution < 1.29 is 4.39 Å². The Balaban J connectivity index is 2.14. The molecule has 0 aromatic heterocycles. The maximum absolute atomic E-state index is 14.0. The van der Waals surface area contributed by atoms with Gasteiger partial charge in [-0.3, -0.25) is 0 Å². The summed E-state index contributed by atoms with van der Waals surface area (Å²) in [6.45, 7) is 4.09. The van der Waals surface area contributed by atoms with Crippen LogP contribution in [0, 0.1) is 24.6 Å². The Kier molecular flexibility index (Phi) is 3.82. The molecule has 0 aliphatic heterocycles. The summed E-state index contributed by atoms with van der Waals surface area (Å²) in [7, 11) is 0. The third kappa shape index (κ3) is 2.68. The average Bonchev–Trinajstić information content (AvgIpc) is 2.33. The predicted molar refractivity (Wildman–Crippen MR) is 69.2 cm³/mol. The van der Waals surface area contributed by atoms with Crippen molar-refractivity contribution in [3.8, 4) is 0 Å². The van der Waals surface area contributed by atoms with Crippen molar-refractivity contribution in [3.63, 3.8) is 0 Å². The van der Waals surface area contributed by atoms with E-state index in [-0.39, 0.29) is 11.9 Å². The number of benzene rings is 1. The molecular formula is C15H22FN. The van der Waals surface area contributed by atoms with Crippen LogP contribution in [0.4, 0.5) is 4.39 Å². The lowest BCUT2D eigenvalue weighted by molar-refractivity contribution is 0.253. The molecule has 0 heterocycles. The number of aryl methyl sites for hydroxylation is 1. The van der Waals surface area contributed by atoms with Crippen molar-refractivity contribution >= 4 is 0 Å². The average molecular weight is 235 g/mol. The van der Waals surface area contributed by atoms with Crippen LogP contribution in [0.15, 0.2) is 18.2 Å². The maximum Gasteiger partial charge on any atom is 0.130 e. The fraction of sp³-hybridized carbons (Fsp3) is 0.600. The molecule has 1 saturated carbocycles. The van der Waals surface area contributed by atoms with E-state index in [0.717, 1.165) is 18.8 Å². The second-order valence-electron chi connectivity index (χ2n) is 5.52. The molecule has 1 atom stereocenters. The van der Waals surface area contributed by atoms with E-state index in [1.807, 2.05) is 12.1 Å². The quantitative estimate of drug-likeness (QED) is 0.825. The van der Waals surface area contributed by atoms with Crippen LogP contribution in [0.2, 0.25) is 0 Å². The molecule has 1 nitrogen and oxygen atoms in total. The van der Waals surface area contributed by atoms with Gasteiger partial charge in [0.05, 0.1) is 0 Å². The smallest absolute Gasteiger partial charge is 0.130 e. The summed E-state index contributed by atoms with van der Waals surface area (Å²) < 4.78 is 14.0. The molecular weight excluding hydrogens is 213 g/mol. The molecule has 1 aromatic carbocycles. The number of hydrogen-bond acceptors (Lipinski definition) is 1. The van der Waals surface area contributed by atoms with Gasteiger partial charge in [0.25, 0.3) is 0 Å². The molecule has 0 radical (unpaired) electrons. The Labute approximate surface area is 103 Å². The highest BCUT2D eigenvalue weighted by Gasteiger charge is 2.26. The van der Waals surface area contributed by atoms with Gasteiger partial charge in [0, 0.05) is 11.6 Å². The van der Waals surface area contributed by atoms with Crippen LogP contribution >= 0.6 is 0 Å². The van der Waals surface area contributed by atoms with Crippen molar-refractivity contribution in [3.05, 3.63) is 35.1 Å². The monoisotopic (exact) mass is 235 g/mol. The summed E-state index contributed by atoms with van der Waals surface area (Å²) in [6.07, 6.45) is 4.73. The standard InChI is InChI=1S/C15H22FN/c1-10-6-8-12(9-7-10)15(17)13-5-3-4-11(2)14(13)16/h3-5,10,12,15H,6-9,17H2,1-2H3. The molecule has 1 unspecified atom stereocenters. The van der Waals surface area contributed by atoms with E-state index in [1.54, 1.807) is 13.0 Å². The normalized spacial score (nSPS) is 26.8. The number of hydrogen-bond donors (Lipinski definition) is 1. The van der Waals surface area contributed by atoms with Crippen molar-refractivity contribution in [1.82, 2.24) is 0 Å². The van der Waals surface area contributed by atoms with Gasteiger partial charge < -0.3 is 5.73 Å². The number of halogens is 1. The van der Waals surface area contributed by atoms with Crippen LogP contribution in [0.1, 0.15) is 49.8 Å². The molecule has 2 heteroatoms. The highest BCUT2D eigenvalue weighted by molar-refractivity contribution is 5.27. The lowest BCUT2D eigenvalue weighted by Gasteiger charge is -2.31. The fourth-order valence-electron chi connectivity index (χ4n) is 2.83. The highest BCUT2D eigenvalue weighted by atomic mass is 19.1. The SMILES string of the molecule is Cc1cccc(C(N)C2CCC(C)CC2)c1F. The molecule has 0 bridgehead atoms. The third-order valence-electron chi connectivity index (χ3n) is 4.15. The van der Waals surface area contributed by atoms with Gasteiger partial charge >= 0.3 is 0 Å². The zero-order valence-electron chi connectivity index (χ0n) is 10.7. The van der Waals surface area contributed by atoms with Gasteiger partial charge in [-0.2, -0.15) is 0 Å². The zero-order valence-corrected chi connectivity index (χ0v) is 10.7. The Morgan fingerprint density at radius 3 is 2.53 bits per heavy atom. The van der Waals surface area contributed by atoms with Crippen LogP contribution in [-0.4, -0.2) is 0 Å². The molecule has 94 valence electrons. The minimum Gasteiger partial charge on any atom is -0.324 e. The first-order valence-electron chi connectivity index (χ1n) is 6.60. The second kappa shape index (κ2) is 5.18. The lowest BCUT2D eigenvalue weighted by Crippen LogP contribution is -2.26. The maximum atomic E-state index is 14.0. The molecule has 1 aromatic rings. The summed E-state index contributed by atoms with van der Waals surface area (Å²) in [5.41, 5.74) is 7.64. The molecule has 17 heavy (non-hydrogen) atoms. The van der Waals surface area contributed by atoms with E-state index < -0.39 is 0 Å². The van der Waals surface area contributed by atoms with Gasteiger partial charge in [-0.05, 0) is 37.2 Å². The van der Waals surface area contributed by atoms with Gasteiger partial charge in [0.1, 0.15) is 5.82 Å². The first-order valence-corrected chi connectivity index (χ1v) is 6.60. The van der Waals surface area contributed by atoms with E-state index in [0.29, 0.717) is 17.0 Å². The van der Waals surface area contributed by atoms with Crippen LogP contribution < -0.4 is 5.73 Å². The minimum atomic E-state index is -0.137. The van der Waals surface area contributed by atoms with E-state index in [9.17, 15) is 4.39 Å². The van der Waals surface area contributed by atoms with Crippen molar-refractivity contribution in [1.29, 1.82) is 0 Å². The summed E-state index contributed by atoms with van der Waals surface area (Å²) in [5, 5.41) is 0. The second-order valence-corrected chi connectivity index (χ2v) is 5.52. The molecule has 0 spiro atoms. The number of rotatable bonds is 2. The lowest BCUT2D eigenvalue weighted by atomic mass is 9.77. The largest absolute Gasteiger partial charge is 0.324 e. The van der Waals surface area contributed by atoms with E-state index in [2.05, 4.69) is 6.92 Å². The van der Waals surface area contributed by atoms with E-state index in [1.165, 1.54) is 12.8 Å². The van der Waals surface area contributed by atoms with Crippen molar-refractivity contribution in [2.75, 3.05) is 0 Å². The van der Waals surface area contributed by atoms with Gasteiger partial charge in [0.15, 0.2) is 0 Å². The predicted octanol–water partition coefficient (Wildman–Crippen LogP) is 3.96. The summed E-state index contributed by atoms with van der Waals surface area (Å²) in [6, 6.07) is 5.40. The Hall–Kier alpha value is -0.890. The fourth-order valence-corrected chi connectivity index (χ4v) is 2.83. The topological polar surface area (TPSA) is 26.0 Å². The van der Waals surface area contributed by atoms with E-state index >= 15 is 0 Å². The summed E-state index contributed by atoms with van der Waals surface area (Å²) in [5.74, 6) is 1.14. The molecule has 0 amide bonds. The Morgan fingerprint density at radius 1 is 1.24 bits per heavy atom. The first kappa shape index (κ1) is 12.6. The molecule has 1 fully saturated rings. The molecule has 1 aliphatic carbocycles. The number of nitrogens with two attached hydrogens (primary N) is 1.